The Morgan fingerprint density at radius 2 is 2.20 bits per heavy atom. The summed E-state index contributed by atoms with van der Waals surface area (Å²) in [4.78, 5) is 26.5. The maximum absolute atomic E-state index is 12.3. The van der Waals surface area contributed by atoms with E-state index in [-0.39, 0.29) is 24.0 Å². The van der Waals surface area contributed by atoms with Crippen LogP contribution in [0, 0.1) is 0 Å². The van der Waals surface area contributed by atoms with Crippen molar-refractivity contribution in [3.8, 4) is 0 Å². The molecule has 1 unspecified atom stereocenters. The zero-order valence-electron chi connectivity index (χ0n) is 12.0. The van der Waals surface area contributed by atoms with Gasteiger partial charge in [-0.3, -0.25) is 13.9 Å². The first kappa shape index (κ1) is 14.8. The number of aryl methyl sites for hydroxylation is 1. The Hall–Kier alpha value is -1.60. The third kappa shape index (κ3) is 3.10. The monoisotopic (exact) mass is 282 g/mol. The molecular weight excluding hydrogens is 260 g/mol. The van der Waals surface area contributed by atoms with Gasteiger partial charge in [-0.05, 0) is 13.5 Å². The minimum atomic E-state index is -0.431. The molecule has 0 bridgehead atoms. The molecule has 20 heavy (non-hydrogen) atoms. The zero-order valence-corrected chi connectivity index (χ0v) is 12.0. The fraction of sp³-hybridized carbons (Fsp3) is 0.692. The fourth-order valence-electron chi connectivity index (χ4n) is 2.42. The smallest absolute Gasteiger partial charge is 0.331 e. The van der Waals surface area contributed by atoms with Crippen LogP contribution in [-0.2, 0) is 17.8 Å². The molecule has 1 atom stereocenters. The number of hydrogen-bond acceptors (Lipinski definition) is 5. The van der Waals surface area contributed by atoms with Crippen LogP contribution in [0.1, 0.15) is 13.3 Å². The number of morpholine rings is 1. The first-order valence-electron chi connectivity index (χ1n) is 6.92. The number of nitrogen functional groups attached to an aromatic ring is 1. The van der Waals surface area contributed by atoms with E-state index in [0.717, 1.165) is 13.0 Å². The van der Waals surface area contributed by atoms with Crippen LogP contribution in [-0.4, -0.2) is 46.9 Å². The zero-order chi connectivity index (χ0) is 14.7. The van der Waals surface area contributed by atoms with Crippen molar-refractivity contribution in [1.82, 2.24) is 14.0 Å². The third-order valence-corrected chi connectivity index (χ3v) is 3.46. The molecule has 1 aliphatic rings. The lowest BCUT2D eigenvalue weighted by molar-refractivity contribution is -0.0286. The van der Waals surface area contributed by atoms with Crippen molar-refractivity contribution in [3.63, 3.8) is 0 Å². The summed E-state index contributed by atoms with van der Waals surface area (Å²) >= 11 is 0. The Kier molecular flexibility index (Phi) is 4.61. The van der Waals surface area contributed by atoms with Gasteiger partial charge in [0.25, 0.3) is 5.56 Å². The molecule has 0 spiro atoms. The van der Waals surface area contributed by atoms with Gasteiger partial charge in [0.05, 0.1) is 19.3 Å². The maximum atomic E-state index is 12.3. The number of hydrogen-bond donors (Lipinski definition) is 1. The van der Waals surface area contributed by atoms with E-state index in [1.807, 2.05) is 14.0 Å². The van der Waals surface area contributed by atoms with Crippen molar-refractivity contribution in [2.75, 3.05) is 32.5 Å². The second-order valence-electron chi connectivity index (χ2n) is 5.23. The number of anilines is 1. The number of rotatable bonds is 4. The van der Waals surface area contributed by atoms with Crippen LogP contribution in [0.5, 0.6) is 0 Å². The molecule has 0 saturated carbocycles. The van der Waals surface area contributed by atoms with Gasteiger partial charge in [-0.1, -0.05) is 6.92 Å². The summed E-state index contributed by atoms with van der Waals surface area (Å²) < 4.78 is 8.29. The summed E-state index contributed by atoms with van der Waals surface area (Å²) in [7, 11) is 1.99. The van der Waals surface area contributed by atoms with Gasteiger partial charge in [-0.25, -0.2) is 4.79 Å². The molecule has 7 heteroatoms. The van der Waals surface area contributed by atoms with Crippen LogP contribution in [0.2, 0.25) is 0 Å². The minimum Gasteiger partial charge on any atom is -0.393 e. The topological polar surface area (TPSA) is 82.5 Å². The average Bonchev–Trinajstić information content (AvgIpc) is 2.41. The predicted octanol–water partition coefficient (Wildman–Crippen LogP) is -0.667. The predicted molar refractivity (Wildman–Crippen MR) is 76.9 cm³/mol. The molecule has 1 aromatic rings. The number of likely N-dealkylation sites (N-methyl/N-ethyl adjacent to an activating group) is 1. The lowest BCUT2D eigenvalue weighted by Gasteiger charge is -2.30. The van der Waals surface area contributed by atoms with Crippen molar-refractivity contribution in [3.05, 3.63) is 27.0 Å². The van der Waals surface area contributed by atoms with Crippen molar-refractivity contribution < 1.29 is 4.74 Å². The second-order valence-corrected chi connectivity index (χ2v) is 5.23. The standard InChI is InChI=1S/C13H22N4O3/c1-3-4-16-9-11(14)12(18)17(13(16)19)8-10-7-15(2)5-6-20-10/h9-10H,3-8,14H2,1-2H3. The summed E-state index contributed by atoms with van der Waals surface area (Å²) in [5.74, 6) is 0. The summed E-state index contributed by atoms with van der Waals surface area (Å²) in [5, 5.41) is 0. The van der Waals surface area contributed by atoms with Gasteiger partial charge < -0.3 is 15.4 Å². The van der Waals surface area contributed by atoms with E-state index in [9.17, 15) is 9.59 Å². The highest BCUT2D eigenvalue weighted by Crippen LogP contribution is 2.04. The normalized spacial score (nSPS) is 20.2. The van der Waals surface area contributed by atoms with Gasteiger partial charge in [0.15, 0.2) is 0 Å². The van der Waals surface area contributed by atoms with E-state index in [0.29, 0.717) is 19.7 Å². The molecule has 1 aromatic heterocycles. The van der Waals surface area contributed by atoms with Crippen LogP contribution in [0.3, 0.4) is 0 Å². The van der Waals surface area contributed by atoms with Crippen molar-refractivity contribution >= 4 is 5.69 Å². The Labute approximate surface area is 117 Å². The van der Waals surface area contributed by atoms with E-state index in [4.69, 9.17) is 10.5 Å². The molecule has 112 valence electrons. The lowest BCUT2D eigenvalue weighted by Crippen LogP contribution is -2.48. The summed E-state index contributed by atoms with van der Waals surface area (Å²) in [6.45, 7) is 4.95. The van der Waals surface area contributed by atoms with E-state index in [1.165, 1.54) is 15.3 Å². The third-order valence-electron chi connectivity index (χ3n) is 3.46. The molecule has 1 fully saturated rings. The molecule has 2 N–H and O–H groups in total. The molecule has 0 amide bonds. The van der Waals surface area contributed by atoms with Gasteiger partial charge in [-0.15, -0.1) is 0 Å². The number of aromatic nitrogens is 2. The van der Waals surface area contributed by atoms with Crippen molar-refractivity contribution in [2.24, 2.45) is 0 Å². The van der Waals surface area contributed by atoms with Crippen molar-refractivity contribution in [1.29, 1.82) is 0 Å². The fourth-order valence-corrected chi connectivity index (χ4v) is 2.42. The maximum Gasteiger partial charge on any atom is 0.331 e. The van der Waals surface area contributed by atoms with Crippen LogP contribution >= 0.6 is 0 Å². The lowest BCUT2D eigenvalue weighted by atomic mass is 10.3. The van der Waals surface area contributed by atoms with E-state index < -0.39 is 5.56 Å². The van der Waals surface area contributed by atoms with E-state index in [1.54, 1.807) is 0 Å². The number of nitrogens with two attached hydrogens (primary N) is 1. The van der Waals surface area contributed by atoms with Gasteiger partial charge in [0.1, 0.15) is 5.69 Å². The molecule has 2 heterocycles. The Bertz CT molecular complexity index is 578. The molecule has 2 rings (SSSR count). The summed E-state index contributed by atoms with van der Waals surface area (Å²) in [6.07, 6.45) is 2.08. The number of nitrogens with zero attached hydrogens (tertiary/aromatic N) is 3. The van der Waals surface area contributed by atoms with E-state index >= 15 is 0 Å². The van der Waals surface area contributed by atoms with Gasteiger partial charge in [0, 0.05) is 25.8 Å². The van der Waals surface area contributed by atoms with Crippen LogP contribution in [0.25, 0.3) is 0 Å². The first-order valence-corrected chi connectivity index (χ1v) is 6.92. The highest BCUT2D eigenvalue weighted by molar-refractivity contribution is 5.31. The summed E-state index contributed by atoms with van der Waals surface area (Å²) in [6, 6.07) is 0. The van der Waals surface area contributed by atoms with Gasteiger partial charge >= 0.3 is 5.69 Å². The molecule has 1 aliphatic heterocycles. The second kappa shape index (κ2) is 6.23. The quantitative estimate of drug-likeness (QED) is 0.792. The Morgan fingerprint density at radius 3 is 2.85 bits per heavy atom. The van der Waals surface area contributed by atoms with Crippen LogP contribution in [0.15, 0.2) is 15.8 Å². The van der Waals surface area contributed by atoms with Gasteiger partial charge in [0.2, 0.25) is 0 Å². The van der Waals surface area contributed by atoms with E-state index in [2.05, 4.69) is 4.90 Å². The average molecular weight is 282 g/mol. The summed E-state index contributed by atoms with van der Waals surface area (Å²) in [5.41, 5.74) is 5.06. The molecule has 0 aliphatic carbocycles. The molecular formula is C13H22N4O3. The minimum absolute atomic E-state index is 0.0993. The SMILES string of the molecule is CCCn1cc(N)c(=O)n(CC2CN(C)CCO2)c1=O. The highest BCUT2D eigenvalue weighted by atomic mass is 16.5. The molecule has 0 aromatic carbocycles. The van der Waals surface area contributed by atoms with Crippen LogP contribution in [0.4, 0.5) is 5.69 Å². The van der Waals surface area contributed by atoms with Gasteiger partial charge in [-0.2, -0.15) is 0 Å². The first-order chi connectivity index (χ1) is 9.52. The number of ether oxygens (including phenoxy) is 1. The largest absolute Gasteiger partial charge is 0.393 e. The Morgan fingerprint density at radius 1 is 1.45 bits per heavy atom. The van der Waals surface area contributed by atoms with Crippen LogP contribution < -0.4 is 17.0 Å². The molecule has 1 saturated heterocycles. The Balaban J connectivity index is 2.30. The molecule has 0 radical (unpaired) electrons. The highest BCUT2D eigenvalue weighted by Gasteiger charge is 2.20. The van der Waals surface area contributed by atoms with Crippen molar-refractivity contribution in [2.45, 2.75) is 32.5 Å². The molecule has 7 nitrogen and oxygen atoms in total.